The van der Waals surface area contributed by atoms with Gasteiger partial charge in [-0.2, -0.15) is 10.1 Å². The first-order valence-electron chi connectivity index (χ1n) is 8.95. The topological polar surface area (TPSA) is 84.3 Å². The number of nitrogens with one attached hydrogen (secondary N) is 2. The molecule has 2 N–H and O–H groups in total. The molecule has 1 atom stereocenters. The highest BCUT2D eigenvalue weighted by Gasteiger charge is 2.26. The van der Waals surface area contributed by atoms with Crippen LogP contribution in [0.25, 0.3) is 17.0 Å². The van der Waals surface area contributed by atoms with E-state index in [0.29, 0.717) is 23.0 Å². The van der Waals surface area contributed by atoms with Crippen LogP contribution in [-0.2, 0) is 0 Å². The molecule has 136 valence electrons. The van der Waals surface area contributed by atoms with Crippen LogP contribution in [0, 0.1) is 5.82 Å². The maximum absolute atomic E-state index is 13.1. The number of hydrogen-bond acceptors (Lipinski definition) is 5. The minimum Gasteiger partial charge on any atom is -0.348 e. The number of imidazole rings is 1. The molecule has 1 saturated carbocycles. The summed E-state index contributed by atoms with van der Waals surface area (Å²) in [5, 5.41) is 10.8. The van der Waals surface area contributed by atoms with E-state index in [1.807, 2.05) is 11.5 Å². The van der Waals surface area contributed by atoms with Crippen molar-refractivity contribution in [2.75, 3.05) is 5.32 Å². The quantitative estimate of drug-likeness (QED) is 0.564. The lowest BCUT2D eigenvalue weighted by molar-refractivity contribution is 0.626. The summed E-state index contributed by atoms with van der Waals surface area (Å²) in [7, 11) is 0. The van der Waals surface area contributed by atoms with Gasteiger partial charge < -0.3 is 5.32 Å². The first-order chi connectivity index (χ1) is 13.2. The molecule has 8 heteroatoms. The number of benzene rings is 1. The van der Waals surface area contributed by atoms with Gasteiger partial charge in [-0.1, -0.05) is 12.1 Å². The van der Waals surface area contributed by atoms with E-state index in [9.17, 15) is 4.39 Å². The van der Waals surface area contributed by atoms with E-state index in [0.717, 1.165) is 17.1 Å². The molecule has 1 aromatic carbocycles. The van der Waals surface area contributed by atoms with Crippen LogP contribution in [0.3, 0.4) is 0 Å². The third kappa shape index (κ3) is 3.03. The van der Waals surface area contributed by atoms with Gasteiger partial charge in [-0.15, -0.1) is 0 Å². The Labute approximate surface area is 154 Å². The lowest BCUT2D eigenvalue weighted by Crippen LogP contribution is -2.10. The third-order valence-corrected chi connectivity index (χ3v) is 4.85. The summed E-state index contributed by atoms with van der Waals surface area (Å²) in [6, 6.07) is 8.38. The van der Waals surface area contributed by atoms with Crippen LogP contribution in [0.1, 0.15) is 43.0 Å². The van der Waals surface area contributed by atoms with Crippen LogP contribution in [0.15, 0.2) is 42.9 Å². The summed E-state index contributed by atoms with van der Waals surface area (Å²) < 4.78 is 15.0. The monoisotopic (exact) mass is 363 g/mol. The molecule has 0 bridgehead atoms. The second-order valence-electron chi connectivity index (χ2n) is 6.89. The van der Waals surface area contributed by atoms with E-state index in [4.69, 9.17) is 0 Å². The molecule has 0 amide bonds. The Hall–Kier alpha value is -3.29. The summed E-state index contributed by atoms with van der Waals surface area (Å²) >= 11 is 0. The highest BCUT2D eigenvalue weighted by Crippen LogP contribution is 2.39. The predicted molar refractivity (Wildman–Crippen MR) is 99.2 cm³/mol. The van der Waals surface area contributed by atoms with Crippen molar-refractivity contribution in [3.05, 3.63) is 59.9 Å². The predicted octanol–water partition coefficient (Wildman–Crippen LogP) is 3.73. The van der Waals surface area contributed by atoms with Gasteiger partial charge in [-0.3, -0.25) is 9.67 Å². The number of rotatable bonds is 5. The summed E-state index contributed by atoms with van der Waals surface area (Å²) in [6.45, 7) is 1.98. The summed E-state index contributed by atoms with van der Waals surface area (Å²) in [5.74, 6) is 1.61. The Morgan fingerprint density at radius 1 is 1.22 bits per heavy atom. The Bertz CT molecular complexity index is 1090. The average molecular weight is 363 g/mol. The molecule has 4 aromatic rings. The summed E-state index contributed by atoms with van der Waals surface area (Å²) in [4.78, 5) is 13.3. The van der Waals surface area contributed by atoms with Gasteiger partial charge >= 0.3 is 0 Å². The summed E-state index contributed by atoms with van der Waals surface area (Å²) in [5.41, 5.74) is 3.50. The van der Waals surface area contributed by atoms with Crippen molar-refractivity contribution in [3.63, 3.8) is 0 Å². The Balaban J connectivity index is 1.44. The molecule has 0 spiro atoms. The lowest BCUT2D eigenvalue weighted by Gasteiger charge is -2.14. The number of H-pyrrole nitrogens is 1. The van der Waals surface area contributed by atoms with Crippen molar-refractivity contribution < 1.29 is 4.39 Å². The van der Waals surface area contributed by atoms with E-state index in [1.165, 1.54) is 25.0 Å². The van der Waals surface area contributed by atoms with Gasteiger partial charge in [0, 0.05) is 17.7 Å². The Kier molecular flexibility index (Phi) is 3.63. The zero-order chi connectivity index (χ0) is 18.4. The van der Waals surface area contributed by atoms with Crippen LogP contribution in [0.5, 0.6) is 0 Å². The van der Waals surface area contributed by atoms with Crippen molar-refractivity contribution in [1.29, 1.82) is 0 Å². The molecule has 27 heavy (non-hydrogen) atoms. The largest absolute Gasteiger partial charge is 0.348 e. The fourth-order valence-corrected chi connectivity index (χ4v) is 3.13. The number of halogens is 1. The van der Waals surface area contributed by atoms with Crippen molar-refractivity contribution in [2.45, 2.75) is 31.7 Å². The van der Waals surface area contributed by atoms with Crippen LogP contribution < -0.4 is 5.32 Å². The molecule has 1 fully saturated rings. The van der Waals surface area contributed by atoms with Gasteiger partial charge in [0.15, 0.2) is 11.5 Å². The second-order valence-corrected chi connectivity index (χ2v) is 6.89. The first-order valence-corrected chi connectivity index (χ1v) is 8.95. The van der Waals surface area contributed by atoms with Crippen molar-refractivity contribution in [3.8, 4) is 5.82 Å². The molecular weight excluding hydrogens is 345 g/mol. The average Bonchev–Trinajstić information content (AvgIpc) is 3.26. The maximum Gasteiger partial charge on any atom is 0.225 e. The van der Waals surface area contributed by atoms with E-state index in [1.54, 1.807) is 24.7 Å². The lowest BCUT2D eigenvalue weighted by atomic mass is 10.1. The molecule has 5 rings (SSSR count). The molecule has 0 unspecified atom stereocenters. The Morgan fingerprint density at radius 3 is 2.81 bits per heavy atom. The van der Waals surface area contributed by atoms with Crippen LogP contribution >= 0.6 is 0 Å². The van der Waals surface area contributed by atoms with Gasteiger partial charge in [0.25, 0.3) is 0 Å². The van der Waals surface area contributed by atoms with Crippen LogP contribution in [0.4, 0.5) is 10.3 Å². The third-order valence-electron chi connectivity index (χ3n) is 4.85. The minimum atomic E-state index is -0.253. The molecule has 0 aliphatic heterocycles. The normalized spacial score (nSPS) is 15.2. The van der Waals surface area contributed by atoms with Gasteiger partial charge in [0.2, 0.25) is 5.95 Å². The van der Waals surface area contributed by atoms with E-state index < -0.39 is 0 Å². The molecule has 7 nitrogen and oxygen atoms in total. The van der Waals surface area contributed by atoms with Crippen molar-refractivity contribution >= 4 is 17.1 Å². The number of aromatic nitrogens is 6. The maximum atomic E-state index is 13.1. The fourth-order valence-electron chi connectivity index (χ4n) is 3.13. The SMILES string of the molecule is C[C@H](Nc1ncc2ncn(-c3cc(C4CC4)[nH]n3)c2n1)c1ccc(F)cc1. The number of nitrogens with zero attached hydrogens (tertiary/aromatic N) is 5. The number of hydrogen-bond donors (Lipinski definition) is 2. The smallest absolute Gasteiger partial charge is 0.225 e. The van der Waals surface area contributed by atoms with Gasteiger partial charge in [0.05, 0.1) is 12.2 Å². The minimum absolute atomic E-state index is 0.0636. The molecule has 0 saturated heterocycles. The highest BCUT2D eigenvalue weighted by atomic mass is 19.1. The van der Waals surface area contributed by atoms with E-state index >= 15 is 0 Å². The molecule has 0 radical (unpaired) electrons. The van der Waals surface area contributed by atoms with Crippen LogP contribution in [0.2, 0.25) is 0 Å². The molecule has 3 aromatic heterocycles. The zero-order valence-electron chi connectivity index (χ0n) is 14.7. The molecule has 3 heterocycles. The highest BCUT2D eigenvalue weighted by molar-refractivity contribution is 5.72. The van der Waals surface area contributed by atoms with Crippen molar-refractivity contribution in [2.24, 2.45) is 0 Å². The standard InChI is InChI=1S/C19H18FN7/c1-11(12-4-6-14(20)7-5-12)23-19-21-9-16-18(24-19)27(10-22-16)17-8-15(25-26-17)13-2-3-13/h4-11,13H,2-3H2,1H3,(H,25,26)(H,21,23,24)/t11-/m0/s1. The van der Waals surface area contributed by atoms with Gasteiger partial charge in [-0.25, -0.2) is 14.4 Å². The van der Waals surface area contributed by atoms with Crippen LogP contribution in [-0.4, -0.2) is 29.7 Å². The van der Waals surface area contributed by atoms with Crippen molar-refractivity contribution in [1.82, 2.24) is 29.7 Å². The number of aromatic amines is 1. The van der Waals surface area contributed by atoms with E-state index in [2.05, 4.69) is 36.5 Å². The molecular formula is C19H18FN7. The Morgan fingerprint density at radius 2 is 2.04 bits per heavy atom. The zero-order valence-corrected chi connectivity index (χ0v) is 14.7. The van der Waals surface area contributed by atoms with Gasteiger partial charge in [0.1, 0.15) is 17.7 Å². The van der Waals surface area contributed by atoms with Gasteiger partial charge in [-0.05, 0) is 37.5 Å². The number of anilines is 1. The molecule has 1 aliphatic rings. The second kappa shape index (κ2) is 6.15. The van der Waals surface area contributed by atoms with E-state index in [-0.39, 0.29) is 11.9 Å². The molecule has 1 aliphatic carbocycles. The fraction of sp³-hybridized carbons (Fsp3) is 0.263. The summed E-state index contributed by atoms with van der Waals surface area (Å²) in [6.07, 6.45) is 5.82. The first kappa shape index (κ1) is 15.9. The number of fused-ring (bicyclic) bond motifs is 1.